The molecule has 3 aliphatic heterocycles. The molecule has 232 valence electrons. The third kappa shape index (κ3) is 7.04. The lowest BCUT2D eigenvalue weighted by molar-refractivity contribution is -0.186. The van der Waals surface area contributed by atoms with E-state index in [1.165, 1.54) is 9.91 Å². The molecule has 3 heterocycles. The SMILES string of the molecule is C=C1/C=C(CN2C[C@H]3N(C(=O)CN(C)N3C(=O)NCc3ccc(OC)cc3)C(Cc3ccc(O)cc3)C2=O)\C=C/COCO1. The summed E-state index contributed by atoms with van der Waals surface area (Å²) in [6.45, 7) is 4.79. The third-order valence-electron chi connectivity index (χ3n) is 7.71. The number of carbonyl (C=O) groups excluding carboxylic acids is 3. The van der Waals surface area contributed by atoms with Gasteiger partial charge in [0.2, 0.25) is 11.8 Å². The summed E-state index contributed by atoms with van der Waals surface area (Å²) in [5.41, 5.74) is 2.41. The summed E-state index contributed by atoms with van der Waals surface area (Å²) < 4.78 is 16.1. The molecular weight excluding hydrogens is 566 g/mol. The number of hydrazine groups is 1. The van der Waals surface area contributed by atoms with Gasteiger partial charge in [-0.2, -0.15) is 0 Å². The molecule has 0 bridgehead atoms. The summed E-state index contributed by atoms with van der Waals surface area (Å²) in [5, 5.41) is 15.9. The Hall–Kier alpha value is -4.81. The average Bonchev–Trinajstić information content (AvgIpc) is 3.10. The topological polar surface area (TPSA) is 124 Å². The smallest absolute Gasteiger partial charge is 0.334 e. The minimum atomic E-state index is -0.875. The lowest BCUT2D eigenvalue weighted by Gasteiger charge is -2.54. The largest absolute Gasteiger partial charge is 0.508 e. The average molecular weight is 604 g/mol. The second-order valence-electron chi connectivity index (χ2n) is 10.8. The molecule has 0 aliphatic carbocycles. The number of amides is 4. The van der Waals surface area contributed by atoms with Crippen LogP contribution in [0.1, 0.15) is 11.1 Å². The van der Waals surface area contributed by atoms with Crippen molar-refractivity contribution >= 4 is 17.8 Å². The number of methoxy groups -OCH3 is 1. The van der Waals surface area contributed by atoms with Crippen LogP contribution in [0.2, 0.25) is 0 Å². The first-order chi connectivity index (χ1) is 21.2. The van der Waals surface area contributed by atoms with Crippen LogP contribution < -0.4 is 10.1 Å². The Balaban J connectivity index is 1.44. The number of nitrogens with zero attached hydrogens (tertiary/aromatic N) is 4. The second kappa shape index (κ2) is 13.7. The number of rotatable bonds is 7. The molecule has 0 spiro atoms. The first-order valence-electron chi connectivity index (χ1n) is 14.3. The zero-order valence-electron chi connectivity index (χ0n) is 24.8. The molecule has 0 radical (unpaired) electrons. The van der Waals surface area contributed by atoms with Crippen molar-refractivity contribution in [1.82, 2.24) is 25.1 Å². The zero-order valence-corrected chi connectivity index (χ0v) is 24.8. The molecule has 2 fully saturated rings. The number of hydrogen-bond acceptors (Lipinski definition) is 8. The number of nitrogens with one attached hydrogen (secondary N) is 1. The van der Waals surface area contributed by atoms with Crippen molar-refractivity contribution in [3.63, 3.8) is 0 Å². The van der Waals surface area contributed by atoms with Crippen LogP contribution in [-0.4, -0.2) is 102 Å². The molecule has 0 saturated carbocycles. The molecule has 4 amide bonds. The van der Waals surface area contributed by atoms with Gasteiger partial charge in [0.05, 0.1) is 26.8 Å². The second-order valence-corrected chi connectivity index (χ2v) is 10.8. The summed E-state index contributed by atoms with van der Waals surface area (Å²) in [4.78, 5) is 44.6. The van der Waals surface area contributed by atoms with Crippen molar-refractivity contribution in [2.24, 2.45) is 0 Å². The van der Waals surface area contributed by atoms with Crippen molar-refractivity contribution < 1.29 is 33.7 Å². The van der Waals surface area contributed by atoms with Crippen LogP contribution in [0.3, 0.4) is 0 Å². The van der Waals surface area contributed by atoms with E-state index in [-0.39, 0.29) is 57.0 Å². The van der Waals surface area contributed by atoms with E-state index >= 15 is 0 Å². The summed E-state index contributed by atoms with van der Waals surface area (Å²) in [6.07, 6.45) is 4.88. The molecule has 5 rings (SSSR count). The molecule has 2 aromatic rings. The van der Waals surface area contributed by atoms with Crippen molar-refractivity contribution in [3.05, 3.63) is 95.8 Å². The maximum atomic E-state index is 14.1. The summed E-state index contributed by atoms with van der Waals surface area (Å²) in [5.74, 6) is 0.704. The number of fused-ring (bicyclic) bond motifs is 1. The number of likely N-dealkylation sites (N-methyl/N-ethyl adjacent to an activating group) is 1. The molecule has 1 unspecified atom stereocenters. The summed E-state index contributed by atoms with van der Waals surface area (Å²) in [7, 11) is 3.27. The number of phenols is 1. The Labute approximate surface area is 256 Å². The number of ether oxygens (including phenoxy) is 3. The number of benzene rings is 2. The first kappa shape index (κ1) is 30.6. The van der Waals surface area contributed by atoms with Gasteiger partial charge in [-0.15, -0.1) is 0 Å². The van der Waals surface area contributed by atoms with E-state index in [0.29, 0.717) is 18.1 Å². The van der Waals surface area contributed by atoms with Gasteiger partial charge in [0.25, 0.3) is 0 Å². The number of piperazine rings is 1. The number of carbonyl (C=O) groups is 3. The molecular formula is C32H37N5O7. The van der Waals surface area contributed by atoms with Gasteiger partial charge < -0.3 is 34.4 Å². The van der Waals surface area contributed by atoms with Gasteiger partial charge in [0.1, 0.15) is 29.5 Å². The van der Waals surface area contributed by atoms with E-state index in [1.807, 2.05) is 36.4 Å². The first-order valence-corrected chi connectivity index (χ1v) is 14.3. The van der Waals surface area contributed by atoms with Gasteiger partial charge >= 0.3 is 6.03 Å². The molecule has 2 saturated heterocycles. The number of urea groups is 1. The van der Waals surface area contributed by atoms with E-state index in [2.05, 4.69) is 11.9 Å². The number of phenolic OH excluding ortho intramolecular Hbond substituents is 1. The zero-order chi connectivity index (χ0) is 31.2. The standard InChI is InChI=1S/C32H37N5O7/c1-22-15-25(5-4-14-43-21-44-22)18-35-19-29-36(28(31(35)40)16-23-6-10-26(38)11-7-23)30(39)20-34(2)37(29)32(41)33-17-24-8-12-27(42-3)13-9-24/h4-13,15,28-29,38H,1,14,16-21H2,2-3H3,(H,33,41)/b5-4-,25-15+/t28?,29-/m0/s1. The van der Waals surface area contributed by atoms with Crippen molar-refractivity contribution in [2.75, 3.05) is 47.2 Å². The van der Waals surface area contributed by atoms with E-state index in [0.717, 1.165) is 16.7 Å². The Morgan fingerprint density at radius 3 is 2.57 bits per heavy atom. The van der Waals surface area contributed by atoms with Gasteiger partial charge in [0.15, 0.2) is 6.79 Å². The van der Waals surface area contributed by atoms with Crippen LogP contribution >= 0.6 is 0 Å². The van der Waals surface area contributed by atoms with E-state index in [1.54, 1.807) is 54.4 Å². The maximum Gasteiger partial charge on any atom is 0.334 e. The fourth-order valence-corrected chi connectivity index (χ4v) is 5.55. The summed E-state index contributed by atoms with van der Waals surface area (Å²) in [6, 6.07) is 12.6. The molecule has 0 aromatic heterocycles. The minimum absolute atomic E-state index is 0.0659. The lowest BCUT2D eigenvalue weighted by atomic mass is 9.98. The van der Waals surface area contributed by atoms with Crippen LogP contribution in [0.25, 0.3) is 0 Å². The predicted octanol–water partition coefficient (Wildman–Crippen LogP) is 2.38. The van der Waals surface area contributed by atoms with Gasteiger partial charge in [0, 0.05) is 26.6 Å². The van der Waals surface area contributed by atoms with Crippen molar-refractivity contribution in [2.45, 2.75) is 25.2 Å². The van der Waals surface area contributed by atoms with E-state index < -0.39 is 18.2 Å². The molecule has 2 atom stereocenters. The van der Waals surface area contributed by atoms with Gasteiger partial charge in [-0.3, -0.25) is 9.59 Å². The Morgan fingerprint density at radius 2 is 1.84 bits per heavy atom. The normalized spacial score (nSPS) is 23.0. The molecule has 12 nitrogen and oxygen atoms in total. The highest BCUT2D eigenvalue weighted by atomic mass is 16.7. The van der Waals surface area contributed by atoms with Crippen LogP contribution in [0.5, 0.6) is 11.5 Å². The number of allylic oxidation sites excluding steroid dienone is 1. The Bertz CT molecular complexity index is 1440. The molecule has 44 heavy (non-hydrogen) atoms. The molecule has 2 aromatic carbocycles. The quantitative estimate of drug-likeness (QED) is 0.495. The number of hydrogen-bond donors (Lipinski definition) is 2. The van der Waals surface area contributed by atoms with Crippen LogP contribution in [0.15, 0.2) is 84.7 Å². The van der Waals surface area contributed by atoms with E-state index in [9.17, 15) is 19.5 Å². The van der Waals surface area contributed by atoms with Gasteiger partial charge in [-0.1, -0.05) is 43.0 Å². The minimum Gasteiger partial charge on any atom is -0.508 e. The Morgan fingerprint density at radius 1 is 1.11 bits per heavy atom. The molecule has 2 N–H and O–H groups in total. The summed E-state index contributed by atoms with van der Waals surface area (Å²) >= 11 is 0. The Kier molecular flexibility index (Phi) is 9.51. The van der Waals surface area contributed by atoms with Crippen molar-refractivity contribution in [1.29, 1.82) is 0 Å². The lowest BCUT2D eigenvalue weighted by Crippen LogP contribution is -2.76. The fraction of sp³-hybridized carbons (Fsp3) is 0.344. The van der Waals surface area contributed by atoms with Crippen LogP contribution in [0, 0.1) is 0 Å². The fourth-order valence-electron chi connectivity index (χ4n) is 5.55. The van der Waals surface area contributed by atoms with E-state index in [4.69, 9.17) is 14.2 Å². The monoisotopic (exact) mass is 603 g/mol. The van der Waals surface area contributed by atoms with Crippen molar-refractivity contribution in [3.8, 4) is 11.5 Å². The highest BCUT2D eigenvalue weighted by Crippen LogP contribution is 2.29. The highest BCUT2D eigenvalue weighted by Gasteiger charge is 2.50. The highest BCUT2D eigenvalue weighted by molar-refractivity contribution is 5.92. The maximum absolute atomic E-state index is 14.1. The van der Waals surface area contributed by atoms with Gasteiger partial charge in [-0.05, 0) is 47.0 Å². The number of aromatic hydroxyl groups is 1. The predicted molar refractivity (Wildman–Crippen MR) is 161 cm³/mol. The third-order valence-corrected chi connectivity index (χ3v) is 7.71. The molecule has 12 heteroatoms. The van der Waals surface area contributed by atoms with Crippen LogP contribution in [0.4, 0.5) is 4.79 Å². The van der Waals surface area contributed by atoms with Gasteiger partial charge in [-0.25, -0.2) is 14.8 Å². The van der Waals surface area contributed by atoms with Crippen LogP contribution in [-0.2, 0) is 32.0 Å². The molecule has 3 aliphatic rings.